The SMILES string of the molecule is Cc1ccnc(N2CC(C)CCC2C)c1CN. The number of anilines is 1. The molecule has 3 nitrogen and oxygen atoms in total. The van der Waals surface area contributed by atoms with Crippen LogP contribution in [0.15, 0.2) is 12.3 Å². The summed E-state index contributed by atoms with van der Waals surface area (Å²) in [5, 5.41) is 0. The number of rotatable bonds is 2. The minimum Gasteiger partial charge on any atom is -0.353 e. The third kappa shape index (κ3) is 2.44. The quantitative estimate of drug-likeness (QED) is 0.853. The van der Waals surface area contributed by atoms with Gasteiger partial charge in [0.2, 0.25) is 0 Å². The smallest absolute Gasteiger partial charge is 0.133 e. The molecule has 3 heteroatoms. The van der Waals surface area contributed by atoms with E-state index in [1.54, 1.807) is 0 Å². The zero-order valence-corrected chi connectivity index (χ0v) is 11.1. The highest BCUT2D eigenvalue weighted by Gasteiger charge is 2.25. The lowest BCUT2D eigenvalue weighted by Gasteiger charge is -2.38. The lowest BCUT2D eigenvalue weighted by Crippen LogP contribution is -2.42. The molecule has 17 heavy (non-hydrogen) atoms. The van der Waals surface area contributed by atoms with Crippen LogP contribution >= 0.6 is 0 Å². The van der Waals surface area contributed by atoms with E-state index in [1.165, 1.54) is 24.0 Å². The molecule has 1 fully saturated rings. The normalized spacial score (nSPS) is 25.1. The second-order valence-electron chi connectivity index (χ2n) is 5.32. The van der Waals surface area contributed by atoms with Crippen LogP contribution in [0.5, 0.6) is 0 Å². The van der Waals surface area contributed by atoms with Crippen LogP contribution in [0.25, 0.3) is 0 Å². The Kier molecular flexibility index (Phi) is 3.67. The van der Waals surface area contributed by atoms with Gasteiger partial charge in [0.15, 0.2) is 0 Å². The van der Waals surface area contributed by atoms with E-state index in [1.807, 2.05) is 12.3 Å². The van der Waals surface area contributed by atoms with Crippen molar-refractivity contribution in [3.8, 4) is 0 Å². The summed E-state index contributed by atoms with van der Waals surface area (Å²) in [7, 11) is 0. The van der Waals surface area contributed by atoms with Gasteiger partial charge in [-0.05, 0) is 44.2 Å². The van der Waals surface area contributed by atoms with Gasteiger partial charge in [-0.3, -0.25) is 0 Å². The van der Waals surface area contributed by atoms with Gasteiger partial charge in [-0.15, -0.1) is 0 Å². The van der Waals surface area contributed by atoms with Crippen LogP contribution < -0.4 is 10.6 Å². The van der Waals surface area contributed by atoms with Crippen LogP contribution in [-0.2, 0) is 6.54 Å². The summed E-state index contributed by atoms with van der Waals surface area (Å²) in [6.07, 6.45) is 4.47. The zero-order valence-electron chi connectivity index (χ0n) is 11.1. The molecule has 0 aromatic carbocycles. The van der Waals surface area contributed by atoms with Gasteiger partial charge in [0.05, 0.1) is 0 Å². The van der Waals surface area contributed by atoms with Crippen LogP contribution in [0.3, 0.4) is 0 Å². The number of piperidine rings is 1. The van der Waals surface area contributed by atoms with E-state index in [2.05, 4.69) is 30.7 Å². The molecule has 0 spiro atoms. The molecular weight excluding hydrogens is 210 g/mol. The Balaban J connectivity index is 2.35. The highest BCUT2D eigenvalue weighted by Crippen LogP contribution is 2.29. The Morgan fingerprint density at radius 3 is 2.88 bits per heavy atom. The number of aryl methyl sites for hydroxylation is 1. The summed E-state index contributed by atoms with van der Waals surface area (Å²) in [6.45, 7) is 8.40. The molecule has 1 aliphatic rings. The number of nitrogens with two attached hydrogens (primary N) is 1. The molecule has 0 bridgehead atoms. The van der Waals surface area contributed by atoms with E-state index in [9.17, 15) is 0 Å². The average molecular weight is 233 g/mol. The molecular formula is C14H23N3. The molecule has 0 aliphatic carbocycles. The van der Waals surface area contributed by atoms with Crippen molar-refractivity contribution >= 4 is 5.82 Å². The number of nitrogens with zero attached hydrogens (tertiary/aromatic N) is 2. The summed E-state index contributed by atoms with van der Waals surface area (Å²) in [4.78, 5) is 7.00. The molecule has 1 aliphatic heterocycles. The predicted molar refractivity (Wildman–Crippen MR) is 72.1 cm³/mol. The summed E-state index contributed by atoms with van der Waals surface area (Å²) in [5.74, 6) is 1.85. The lowest BCUT2D eigenvalue weighted by atomic mass is 9.94. The van der Waals surface area contributed by atoms with Crippen molar-refractivity contribution in [2.75, 3.05) is 11.4 Å². The Morgan fingerprint density at radius 1 is 1.41 bits per heavy atom. The van der Waals surface area contributed by atoms with Gasteiger partial charge in [0.1, 0.15) is 5.82 Å². The first-order chi connectivity index (χ1) is 8.13. The molecule has 1 aromatic rings. The van der Waals surface area contributed by atoms with E-state index in [-0.39, 0.29) is 0 Å². The van der Waals surface area contributed by atoms with Crippen molar-refractivity contribution in [2.24, 2.45) is 11.7 Å². The van der Waals surface area contributed by atoms with Gasteiger partial charge in [0.25, 0.3) is 0 Å². The molecule has 94 valence electrons. The summed E-state index contributed by atoms with van der Waals surface area (Å²) < 4.78 is 0. The number of aromatic nitrogens is 1. The number of pyridine rings is 1. The Bertz CT molecular complexity index is 389. The van der Waals surface area contributed by atoms with Gasteiger partial charge >= 0.3 is 0 Å². The topological polar surface area (TPSA) is 42.2 Å². The molecule has 0 saturated carbocycles. The van der Waals surface area contributed by atoms with Crippen molar-refractivity contribution in [3.05, 3.63) is 23.4 Å². The highest BCUT2D eigenvalue weighted by molar-refractivity contribution is 5.51. The second kappa shape index (κ2) is 5.05. The molecule has 2 heterocycles. The summed E-state index contributed by atoms with van der Waals surface area (Å²) >= 11 is 0. The first-order valence-corrected chi connectivity index (χ1v) is 6.54. The van der Waals surface area contributed by atoms with Crippen molar-refractivity contribution in [3.63, 3.8) is 0 Å². The molecule has 0 radical (unpaired) electrons. The summed E-state index contributed by atoms with van der Waals surface area (Å²) in [5.41, 5.74) is 8.33. The Morgan fingerprint density at radius 2 is 2.18 bits per heavy atom. The average Bonchev–Trinajstić information content (AvgIpc) is 2.32. The molecule has 1 saturated heterocycles. The minimum atomic E-state index is 0.575. The van der Waals surface area contributed by atoms with Crippen LogP contribution in [-0.4, -0.2) is 17.6 Å². The molecule has 0 amide bonds. The van der Waals surface area contributed by atoms with Gasteiger partial charge in [-0.25, -0.2) is 4.98 Å². The van der Waals surface area contributed by atoms with E-state index >= 15 is 0 Å². The Hall–Kier alpha value is -1.09. The number of hydrogen-bond donors (Lipinski definition) is 1. The lowest BCUT2D eigenvalue weighted by molar-refractivity contribution is 0.387. The molecule has 1 aromatic heterocycles. The van der Waals surface area contributed by atoms with E-state index in [0.29, 0.717) is 12.6 Å². The van der Waals surface area contributed by atoms with Gasteiger partial charge in [-0.1, -0.05) is 6.92 Å². The Labute approximate surface area is 104 Å². The number of hydrogen-bond acceptors (Lipinski definition) is 3. The fourth-order valence-electron chi connectivity index (χ4n) is 2.66. The summed E-state index contributed by atoms with van der Waals surface area (Å²) in [6, 6.07) is 2.62. The monoisotopic (exact) mass is 233 g/mol. The standard InChI is InChI=1S/C14H23N3/c1-10-4-5-12(3)17(9-10)14-13(8-15)11(2)6-7-16-14/h6-7,10,12H,4-5,8-9,15H2,1-3H3. The maximum absolute atomic E-state index is 5.87. The van der Waals surface area contributed by atoms with Gasteiger partial charge in [0, 0.05) is 30.9 Å². The van der Waals surface area contributed by atoms with Crippen LogP contribution in [0.1, 0.15) is 37.8 Å². The van der Waals surface area contributed by atoms with Crippen LogP contribution in [0.4, 0.5) is 5.82 Å². The maximum Gasteiger partial charge on any atom is 0.133 e. The third-order valence-electron chi connectivity index (χ3n) is 3.86. The maximum atomic E-state index is 5.87. The van der Waals surface area contributed by atoms with Crippen molar-refractivity contribution in [1.82, 2.24) is 4.98 Å². The van der Waals surface area contributed by atoms with Crippen LogP contribution in [0, 0.1) is 12.8 Å². The first kappa shape index (κ1) is 12.4. The van der Waals surface area contributed by atoms with Crippen molar-refractivity contribution in [1.29, 1.82) is 0 Å². The molecule has 2 rings (SSSR count). The molecule has 2 unspecified atom stereocenters. The van der Waals surface area contributed by atoms with Crippen molar-refractivity contribution < 1.29 is 0 Å². The predicted octanol–water partition coefficient (Wildman–Crippen LogP) is 2.47. The van der Waals surface area contributed by atoms with E-state index < -0.39 is 0 Å². The molecule has 2 N–H and O–H groups in total. The second-order valence-corrected chi connectivity index (χ2v) is 5.32. The molecule has 2 atom stereocenters. The third-order valence-corrected chi connectivity index (χ3v) is 3.86. The highest BCUT2D eigenvalue weighted by atomic mass is 15.2. The van der Waals surface area contributed by atoms with E-state index in [0.717, 1.165) is 18.3 Å². The van der Waals surface area contributed by atoms with Crippen molar-refractivity contribution in [2.45, 2.75) is 46.2 Å². The fourth-order valence-corrected chi connectivity index (χ4v) is 2.66. The van der Waals surface area contributed by atoms with E-state index in [4.69, 9.17) is 5.73 Å². The van der Waals surface area contributed by atoms with Gasteiger partial charge < -0.3 is 10.6 Å². The van der Waals surface area contributed by atoms with Crippen LogP contribution in [0.2, 0.25) is 0 Å². The van der Waals surface area contributed by atoms with Gasteiger partial charge in [-0.2, -0.15) is 0 Å². The fraction of sp³-hybridized carbons (Fsp3) is 0.643. The largest absolute Gasteiger partial charge is 0.353 e. The minimum absolute atomic E-state index is 0.575. The first-order valence-electron chi connectivity index (χ1n) is 6.54. The zero-order chi connectivity index (χ0) is 12.4.